The first-order valence-corrected chi connectivity index (χ1v) is 15.2. The maximum atomic E-state index is 16.9. The highest BCUT2D eigenvalue weighted by Gasteiger charge is 2.57. The number of piperidine rings is 1. The number of rotatable bonds is 5. The van der Waals surface area contributed by atoms with Crippen LogP contribution in [-0.2, 0) is 6.42 Å². The first-order valence-electron chi connectivity index (χ1n) is 15.2. The molecule has 3 aliphatic heterocycles. The Balaban J connectivity index is 1.35. The summed E-state index contributed by atoms with van der Waals surface area (Å²) in [6.45, 7) is 5.58. The molecule has 8 rings (SSSR count). The van der Waals surface area contributed by atoms with Crippen LogP contribution in [0, 0.1) is 23.0 Å². The predicted molar refractivity (Wildman–Crippen MR) is 157 cm³/mol. The Kier molecular flexibility index (Phi) is 5.97. The molecule has 0 amide bonds. The van der Waals surface area contributed by atoms with Crippen molar-refractivity contribution < 1.29 is 23.4 Å². The Labute approximate surface area is 242 Å². The lowest BCUT2D eigenvalue weighted by Crippen LogP contribution is -2.38. The smallest absolute Gasteiger partial charge is 0.225 e. The zero-order valence-electron chi connectivity index (χ0n) is 23.7. The summed E-state index contributed by atoms with van der Waals surface area (Å²) in [6.07, 6.45) is 5.78. The molecule has 2 aromatic heterocycles. The van der Waals surface area contributed by atoms with Crippen LogP contribution in [0.15, 0.2) is 30.3 Å². The fraction of sp³-hybridized carbons (Fsp3) is 0.455. The van der Waals surface area contributed by atoms with Gasteiger partial charge in [-0.2, -0.15) is 0 Å². The summed E-state index contributed by atoms with van der Waals surface area (Å²) in [5.41, 5.74) is 1.82. The predicted octanol–water partition coefficient (Wildman–Crippen LogP) is 6.13. The highest BCUT2D eigenvalue weighted by atomic mass is 19.1. The summed E-state index contributed by atoms with van der Waals surface area (Å²) in [5.74, 6) is 0.236. The molecule has 1 saturated carbocycles. The fourth-order valence-corrected chi connectivity index (χ4v) is 7.53. The highest BCUT2D eigenvalue weighted by molar-refractivity contribution is 6.04. The molecule has 2 N–H and O–H groups in total. The Morgan fingerprint density at radius 2 is 2.05 bits per heavy atom. The number of aromatic nitrogens is 2. The van der Waals surface area contributed by atoms with Crippen LogP contribution in [0.5, 0.6) is 17.5 Å². The minimum Gasteiger partial charge on any atom is -0.508 e. The third-order valence-corrected chi connectivity index (χ3v) is 9.91. The van der Waals surface area contributed by atoms with Gasteiger partial charge in [0.1, 0.15) is 29.4 Å². The summed E-state index contributed by atoms with van der Waals surface area (Å²) >= 11 is 0. The van der Waals surface area contributed by atoms with Gasteiger partial charge >= 0.3 is 0 Å². The lowest BCUT2D eigenvalue weighted by Gasteiger charge is -2.30. The van der Waals surface area contributed by atoms with Crippen molar-refractivity contribution >= 4 is 27.4 Å². The van der Waals surface area contributed by atoms with Gasteiger partial charge in [-0.1, -0.05) is 25.8 Å². The first kappa shape index (κ1) is 25.9. The van der Waals surface area contributed by atoms with E-state index in [0.717, 1.165) is 57.4 Å². The number of pyridine rings is 2. The van der Waals surface area contributed by atoms with E-state index in [-0.39, 0.29) is 34.2 Å². The van der Waals surface area contributed by atoms with Crippen LogP contribution in [0.2, 0.25) is 0 Å². The van der Waals surface area contributed by atoms with Gasteiger partial charge in [-0.15, -0.1) is 0 Å². The van der Waals surface area contributed by atoms with Crippen molar-refractivity contribution in [3.63, 3.8) is 0 Å². The molecule has 0 radical (unpaired) electrons. The van der Waals surface area contributed by atoms with Crippen molar-refractivity contribution in [2.75, 3.05) is 37.7 Å². The third kappa shape index (κ3) is 4.00. The average molecular weight is 573 g/mol. The number of phenols is 1. The van der Waals surface area contributed by atoms with Crippen molar-refractivity contribution in [2.45, 2.75) is 51.5 Å². The quantitative estimate of drug-likeness (QED) is 0.298. The van der Waals surface area contributed by atoms with Gasteiger partial charge in [0.25, 0.3) is 0 Å². The average Bonchev–Trinajstić information content (AvgIpc) is 3.65. The number of fused-ring (bicyclic) bond motifs is 4. The van der Waals surface area contributed by atoms with Gasteiger partial charge in [-0.3, -0.25) is 0 Å². The number of halogens is 2. The number of benzene rings is 2. The lowest BCUT2D eigenvalue weighted by atomic mass is 9.94. The molecule has 3 fully saturated rings. The van der Waals surface area contributed by atoms with E-state index in [0.29, 0.717) is 64.6 Å². The van der Waals surface area contributed by atoms with E-state index < -0.39 is 5.82 Å². The molecular weight excluding hydrogens is 538 g/mol. The number of aromatic hydroxyl groups is 1. The zero-order chi connectivity index (χ0) is 28.6. The summed E-state index contributed by atoms with van der Waals surface area (Å²) in [7, 11) is 0. The summed E-state index contributed by atoms with van der Waals surface area (Å²) < 4.78 is 44.6. The van der Waals surface area contributed by atoms with Crippen LogP contribution in [0.25, 0.3) is 32.9 Å². The topological polar surface area (TPSA) is 79.7 Å². The molecular formula is C33H34F2N4O3. The van der Waals surface area contributed by atoms with E-state index in [1.54, 1.807) is 12.1 Å². The van der Waals surface area contributed by atoms with Crippen LogP contribution in [-0.4, -0.2) is 54.0 Å². The van der Waals surface area contributed by atoms with Crippen LogP contribution in [0.3, 0.4) is 0 Å². The first-order chi connectivity index (χ1) is 20.5. The van der Waals surface area contributed by atoms with Crippen molar-refractivity contribution in [2.24, 2.45) is 11.3 Å². The monoisotopic (exact) mass is 572 g/mol. The van der Waals surface area contributed by atoms with E-state index in [1.165, 1.54) is 12.1 Å². The number of nitrogens with zero attached hydrogens (tertiary/aromatic N) is 3. The Bertz CT molecular complexity index is 1750. The van der Waals surface area contributed by atoms with E-state index in [9.17, 15) is 9.50 Å². The number of anilines is 1. The van der Waals surface area contributed by atoms with Gasteiger partial charge in [0.05, 0.1) is 23.7 Å². The maximum absolute atomic E-state index is 16.9. The highest BCUT2D eigenvalue weighted by Crippen LogP contribution is 2.55. The molecule has 9 heteroatoms. The van der Waals surface area contributed by atoms with E-state index in [1.807, 2.05) is 13.0 Å². The molecule has 2 saturated heterocycles. The van der Waals surface area contributed by atoms with Crippen molar-refractivity contribution in [1.29, 1.82) is 0 Å². The standard InChI is InChI=1S/C33H34F2N4O3/c1-2-22-24(34)8-7-18-10-21(40)11-23(27(18)22)30-29(35)31-28-25(12-26(37-31)42-17-33-13-19(33)14-36-16-33)39-9-5-3-4-6-20(39)15-41-32(28)38-30/h7-8,10-12,19-20,36,40H,2-6,9,13-17H2,1H3. The molecule has 42 heavy (non-hydrogen) atoms. The summed E-state index contributed by atoms with van der Waals surface area (Å²) in [5, 5.41) is 15.7. The summed E-state index contributed by atoms with van der Waals surface area (Å²) in [6, 6.07) is 8.06. The Hall–Kier alpha value is -3.72. The van der Waals surface area contributed by atoms with Crippen LogP contribution >= 0.6 is 0 Å². The molecule has 3 atom stereocenters. The van der Waals surface area contributed by atoms with Gasteiger partial charge in [-0.25, -0.2) is 18.7 Å². The Morgan fingerprint density at radius 1 is 1.14 bits per heavy atom. The van der Waals surface area contributed by atoms with Gasteiger partial charge in [0.2, 0.25) is 11.8 Å². The normalized spacial score (nSPS) is 24.6. The SMILES string of the molecule is CCc1c(F)ccc2cc(O)cc(-c3nc4c5c(cc(OCC67CNCC6C7)nc5c3F)N3CCCCCC3CO4)c12. The lowest BCUT2D eigenvalue weighted by molar-refractivity contribution is 0.229. The molecule has 3 unspecified atom stereocenters. The second-order valence-electron chi connectivity index (χ2n) is 12.4. The maximum Gasteiger partial charge on any atom is 0.225 e. The largest absolute Gasteiger partial charge is 0.508 e. The molecule has 4 aliphatic rings. The number of hydrogen-bond donors (Lipinski definition) is 2. The molecule has 1 aliphatic carbocycles. The Morgan fingerprint density at radius 3 is 2.86 bits per heavy atom. The molecule has 218 valence electrons. The van der Waals surface area contributed by atoms with Crippen molar-refractivity contribution in [1.82, 2.24) is 15.3 Å². The zero-order valence-corrected chi connectivity index (χ0v) is 23.7. The molecule has 0 bridgehead atoms. The minimum absolute atomic E-state index is 0.0211. The van der Waals surface area contributed by atoms with Crippen molar-refractivity contribution in [3.8, 4) is 28.8 Å². The third-order valence-electron chi connectivity index (χ3n) is 9.91. The van der Waals surface area contributed by atoms with Crippen LogP contribution < -0.4 is 19.7 Å². The van der Waals surface area contributed by atoms with E-state index in [4.69, 9.17) is 19.4 Å². The van der Waals surface area contributed by atoms with E-state index >= 15 is 4.39 Å². The number of phenolic OH excluding ortho intramolecular Hbond substituents is 1. The summed E-state index contributed by atoms with van der Waals surface area (Å²) in [4.78, 5) is 11.8. The van der Waals surface area contributed by atoms with Gasteiger partial charge < -0.3 is 24.8 Å². The van der Waals surface area contributed by atoms with Crippen LogP contribution in [0.4, 0.5) is 14.5 Å². The second-order valence-corrected chi connectivity index (χ2v) is 12.4. The second kappa shape index (κ2) is 9.66. The number of ether oxygens (including phenoxy) is 2. The number of hydrogen-bond acceptors (Lipinski definition) is 7. The number of aryl methyl sites for hydroxylation is 1. The fourth-order valence-electron chi connectivity index (χ4n) is 7.53. The molecule has 5 heterocycles. The van der Waals surface area contributed by atoms with Crippen LogP contribution in [0.1, 0.15) is 44.6 Å². The van der Waals surface area contributed by atoms with E-state index in [2.05, 4.69) is 10.2 Å². The van der Waals surface area contributed by atoms with Gasteiger partial charge in [0.15, 0.2) is 5.82 Å². The minimum atomic E-state index is -0.638. The van der Waals surface area contributed by atoms with Crippen molar-refractivity contribution in [3.05, 3.63) is 47.5 Å². The van der Waals surface area contributed by atoms with Gasteiger partial charge in [-0.05, 0) is 72.7 Å². The number of nitrogens with one attached hydrogen (secondary N) is 1. The molecule has 4 aromatic rings. The molecule has 7 nitrogen and oxygen atoms in total. The van der Waals surface area contributed by atoms with Gasteiger partial charge in [0, 0.05) is 30.1 Å². The molecule has 0 spiro atoms. The molecule has 2 aromatic carbocycles.